The quantitative estimate of drug-likeness (QED) is 0.264. The smallest absolute Gasteiger partial charge is 0.0583 e. The average Bonchev–Trinajstić information content (AvgIpc) is 2.31. The van der Waals surface area contributed by atoms with Gasteiger partial charge in [-0.3, -0.25) is 0 Å². The molecule has 98 valence electrons. The lowest BCUT2D eigenvalue weighted by atomic mass is 10.1. The molecule has 0 bridgehead atoms. The minimum Gasteiger partial charge on any atom is -0.380 e. The highest BCUT2D eigenvalue weighted by atomic mass is 127. The molecule has 1 atom stereocenters. The van der Waals surface area contributed by atoms with Crippen LogP contribution >= 0.6 is 22.6 Å². The first-order valence-corrected chi connectivity index (χ1v) is 8.27. The molecule has 0 aromatic carbocycles. The molecule has 0 aliphatic rings. The lowest BCUT2D eigenvalue weighted by Crippen LogP contribution is -2.07. The fourth-order valence-electron chi connectivity index (χ4n) is 1.67. The minimum atomic E-state index is 0.701. The second-order valence-electron chi connectivity index (χ2n) is 4.56. The summed E-state index contributed by atoms with van der Waals surface area (Å²) in [6.45, 7) is 6.40. The second kappa shape index (κ2) is 13.8. The molecule has 1 nitrogen and oxygen atoms in total. The second-order valence-corrected chi connectivity index (χ2v) is 6.32. The van der Waals surface area contributed by atoms with Crippen molar-refractivity contribution in [1.29, 1.82) is 0 Å². The predicted molar refractivity (Wildman–Crippen MR) is 81.5 cm³/mol. The number of hydrogen-bond donors (Lipinski definition) is 0. The summed E-state index contributed by atoms with van der Waals surface area (Å²) >= 11 is 2.47. The van der Waals surface area contributed by atoms with Gasteiger partial charge in [-0.05, 0) is 12.8 Å². The minimum absolute atomic E-state index is 0.701. The summed E-state index contributed by atoms with van der Waals surface area (Å²) in [5.41, 5.74) is 0. The summed E-state index contributed by atoms with van der Waals surface area (Å²) in [7, 11) is 0. The van der Waals surface area contributed by atoms with Crippen LogP contribution in [-0.2, 0) is 4.74 Å². The molecule has 0 radical (unpaired) electrons. The lowest BCUT2D eigenvalue weighted by molar-refractivity contribution is 0.132. The van der Waals surface area contributed by atoms with E-state index in [2.05, 4.69) is 36.4 Å². The Labute approximate surface area is 116 Å². The predicted octanol–water partition coefficient (Wildman–Crippen LogP) is 5.36. The molecule has 2 heteroatoms. The Morgan fingerprint density at radius 2 is 1.44 bits per heavy atom. The van der Waals surface area contributed by atoms with Gasteiger partial charge in [-0.15, -0.1) is 0 Å². The van der Waals surface area contributed by atoms with E-state index in [0.29, 0.717) is 3.92 Å². The van der Waals surface area contributed by atoms with E-state index in [0.717, 1.165) is 13.2 Å². The Balaban J connectivity index is 2.93. The Morgan fingerprint density at radius 3 is 2.00 bits per heavy atom. The maximum absolute atomic E-state index is 5.62. The van der Waals surface area contributed by atoms with Crippen molar-refractivity contribution in [3.8, 4) is 0 Å². The summed E-state index contributed by atoms with van der Waals surface area (Å²) in [6.07, 6.45) is 12.3. The molecule has 0 aromatic rings. The number of unbranched alkanes of at least 4 members (excludes halogenated alkanes) is 7. The van der Waals surface area contributed by atoms with Crippen LogP contribution in [0.15, 0.2) is 0 Å². The first kappa shape index (κ1) is 16.7. The largest absolute Gasteiger partial charge is 0.380 e. The molecule has 0 saturated heterocycles. The first-order chi connectivity index (χ1) is 7.81. The third-order valence-electron chi connectivity index (χ3n) is 2.88. The van der Waals surface area contributed by atoms with Gasteiger partial charge < -0.3 is 4.74 Å². The molecular formula is C14H29IO. The van der Waals surface area contributed by atoms with Crippen molar-refractivity contribution in [1.82, 2.24) is 0 Å². The van der Waals surface area contributed by atoms with Crippen LogP contribution in [0.1, 0.15) is 71.6 Å². The highest BCUT2D eigenvalue weighted by Crippen LogP contribution is 2.09. The van der Waals surface area contributed by atoms with Crippen molar-refractivity contribution in [2.24, 2.45) is 0 Å². The molecule has 0 amide bonds. The SMILES string of the molecule is CCCCCCCCCCOC[C@@H](I)CC. The average molecular weight is 340 g/mol. The van der Waals surface area contributed by atoms with Gasteiger partial charge in [0.2, 0.25) is 0 Å². The third kappa shape index (κ3) is 12.8. The van der Waals surface area contributed by atoms with Crippen molar-refractivity contribution in [2.45, 2.75) is 75.6 Å². The normalized spacial score (nSPS) is 12.9. The van der Waals surface area contributed by atoms with Crippen LogP contribution in [0.5, 0.6) is 0 Å². The fraction of sp³-hybridized carbons (Fsp3) is 1.00. The van der Waals surface area contributed by atoms with E-state index in [1.165, 1.54) is 57.8 Å². The van der Waals surface area contributed by atoms with Crippen molar-refractivity contribution in [3.05, 3.63) is 0 Å². The number of hydrogen-bond acceptors (Lipinski definition) is 1. The molecule has 16 heavy (non-hydrogen) atoms. The van der Waals surface area contributed by atoms with Gasteiger partial charge in [-0.25, -0.2) is 0 Å². The van der Waals surface area contributed by atoms with E-state index in [9.17, 15) is 0 Å². The van der Waals surface area contributed by atoms with Crippen LogP contribution < -0.4 is 0 Å². The molecule has 0 saturated carbocycles. The lowest BCUT2D eigenvalue weighted by Gasteiger charge is -2.07. The Bertz CT molecular complexity index is 128. The topological polar surface area (TPSA) is 9.23 Å². The molecule has 0 spiro atoms. The van der Waals surface area contributed by atoms with Crippen molar-refractivity contribution in [2.75, 3.05) is 13.2 Å². The zero-order chi connectivity index (χ0) is 12.1. The summed E-state index contributed by atoms with van der Waals surface area (Å²) in [4.78, 5) is 0. The fourth-order valence-corrected chi connectivity index (χ4v) is 1.92. The van der Waals surface area contributed by atoms with Gasteiger partial charge in [-0.1, -0.05) is 81.4 Å². The summed E-state index contributed by atoms with van der Waals surface area (Å²) in [5.74, 6) is 0. The maximum Gasteiger partial charge on any atom is 0.0583 e. The molecule has 0 N–H and O–H groups in total. The third-order valence-corrected chi connectivity index (χ3v) is 4.12. The standard InChI is InChI=1S/C14H29IO/c1-3-5-6-7-8-9-10-11-12-16-13-14(15)4-2/h14H,3-13H2,1-2H3/t14-/m0/s1. The summed E-state index contributed by atoms with van der Waals surface area (Å²) in [6, 6.07) is 0. The van der Waals surface area contributed by atoms with Gasteiger partial charge in [0.1, 0.15) is 0 Å². The van der Waals surface area contributed by atoms with Gasteiger partial charge in [0.25, 0.3) is 0 Å². The summed E-state index contributed by atoms with van der Waals surface area (Å²) < 4.78 is 6.32. The molecule has 0 unspecified atom stereocenters. The molecule has 0 rings (SSSR count). The van der Waals surface area contributed by atoms with E-state index < -0.39 is 0 Å². The molecule has 0 aliphatic heterocycles. The van der Waals surface area contributed by atoms with Crippen LogP contribution in [0.2, 0.25) is 0 Å². The van der Waals surface area contributed by atoms with E-state index in [-0.39, 0.29) is 0 Å². The van der Waals surface area contributed by atoms with Gasteiger partial charge in [0.15, 0.2) is 0 Å². The maximum atomic E-state index is 5.62. The van der Waals surface area contributed by atoms with Crippen LogP contribution in [0.4, 0.5) is 0 Å². The van der Waals surface area contributed by atoms with Crippen LogP contribution in [0.3, 0.4) is 0 Å². The van der Waals surface area contributed by atoms with E-state index in [1.807, 2.05) is 0 Å². The number of rotatable bonds is 12. The summed E-state index contributed by atoms with van der Waals surface area (Å²) in [5, 5.41) is 0. The first-order valence-electron chi connectivity index (χ1n) is 7.03. The van der Waals surface area contributed by atoms with Crippen LogP contribution in [-0.4, -0.2) is 17.1 Å². The van der Waals surface area contributed by atoms with Gasteiger partial charge in [-0.2, -0.15) is 0 Å². The van der Waals surface area contributed by atoms with Crippen LogP contribution in [0, 0.1) is 0 Å². The monoisotopic (exact) mass is 340 g/mol. The Morgan fingerprint density at radius 1 is 0.875 bits per heavy atom. The molecule has 0 heterocycles. The highest BCUT2D eigenvalue weighted by molar-refractivity contribution is 14.1. The zero-order valence-corrected chi connectivity index (χ0v) is 13.3. The van der Waals surface area contributed by atoms with Gasteiger partial charge >= 0.3 is 0 Å². The molecule has 0 fully saturated rings. The van der Waals surface area contributed by atoms with Crippen LogP contribution in [0.25, 0.3) is 0 Å². The van der Waals surface area contributed by atoms with Gasteiger partial charge in [0.05, 0.1) is 6.61 Å². The van der Waals surface area contributed by atoms with E-state index in [4.69, 9.17) is 4.74 Å². The highest BCUT2D eigenvalue weighted by Gasteiger charge is 1.99. The molecule has 0 aliphatic carbocycles. The number of ether oxygens (including phenoxy) is 1. The Hall–Kier alpha value is 0.690. The van der Waals surface area contributed by atoms with E-state index >= 15 is 0 Å². The number of alkyl halides is 1. The Kier molecular flexibility index (Phi) is 14.3. The van der Waals surface area contributed by atoms with E-state index in [1.54, 1.807) is 0 Å². The zero-order valence-electron chi connectivity index (χ0n) is 11.1. The number of halogens is 1. The van der Waals surface area contributed by atoms with Gasteiger partial charge in [0, 0.05) is 10.5 Å². The van der Waals surface area contributed by atoms with Crippen molar-refractivity contribution >= 4 is 22.6 Å². The molecule has 0 aromatic heterocycles. The van der Waals surface area contributed by atoms with Crippen molar-refractivity contribution < 1.29 is 4.74 Å². The van der Waals surface area contributed by atoms with Crippen molar-refractivity contribution in [3.63, 3.8) is 0 Å². The molecular weight excluding hydrogens is 311 g/mol.